The molecule has 5 nitrogen and oxygen atoms in total. The lowest BCUT2D eigenvalue weighted by molar-refractivity contribution is 0.0765. The van der Waals surface area contributed by atoms with Gasteiger partial charge in [-0.25, -0.2) is 4.39 Å². The van der Waals surface area contributed by atoms with Gasteiger partial charge in [0.05, 0.1) is 17.2 Å². The Kier molecular flexibility index (Phi) is 4.38. The summed E-state index contributed by atoms with van der Waals surface area (Å²) >= 11 is 0. The lowest BCUT2D eigenvalue weighted by atomic mass is 9.95. The second-order valence-corrected chi connectivity index (χ2v) is 8.46. The van der Waals surface area contributed by atoms with E-state index in [1.165, 1.54) is 12.1 Å². The summed E-state index contributed by atoms with van der Waals surface area (Å²) in [5.41, 5.74) is 2.07. The zero-order valence-electron chi connectivity index (χ0n) is 16.6. The van der Waals surface area contributed by atoms with Crippen LogP contribution in [0.2, 0.25) is 0 Å². The van der Waals surface area contributed by atoms with Crippen molar-refractivity contribution in [3.8, 4) is 0 Å². The first-order valence-electron chi connectivity index (χ1n) is 10.2. The summed E-state index contributed by atoms with van der Waals surface area (Å²) in [6, 6.07) is 15.8. The van der Waals surface area contributed by atoms with Gasteiger partial charge in [-0.15, -0.1) is 0 Å². The number of hydrogen-bond acceptors (Lipinski definition) is 4. The van der Waals surface area contributed by atoms with Gasteiger partial charge in [0.1, 0.15) is 5.82 Å². The Morgan fingerprint density at radius 3 is 2.73 bits per heavy atom. The highest BCUT2D eigenvalue weighted by Gasteiger charge is 2.71. The summed E-state index contributed by atoms with van der Waals surface area (Å²) in [6.07, 6.45) is -0.713. The molecule has 4 atom stereocenters. The van der Waals surface area contributed by atoms with Crippen molar-refractivity contribution < 1.29 is 19.4 Å². The van der Waals surface area contributed by atoms with Gasteiger partial charge in [-0.1, -0.05) is 30.3 Å². The van der Waals surface area contributed by atoms with Crippen molar-refractivity contribution in [1.29, 1.82) is 0 Å². The van der Waals surface area contributed by atoms with Crippen LogP contribution in [0.25, 0.3) is 10.9 Å². The van der Waals surface area contributed by atoms with Gasteiger partial charge in [0.15, 0.2) is 0 Å². The molecule has 1 spiro atoms. The van der Waals surface area contributed by atoms with Gasteiger partial charge in [-0.3, -0.25) is 9.78 Å². The maximum atomic E-state index is 13.7. The molecule has 0 unspecified atom stereocenters. The van der Waals surface area contributed by atoms with Gasteiger partial charge in [-0.2, -0.15) is 0 Å². The van der Waals surface area contributed by atoms with E-state index in [0.29, 0.717) is 28.7 Å². The van der Waals surface area contributed by atoms with E-state index in [-0.39, 0.29) is 30.9 Å². The summed E-state index contributed by atoms with van der Waals surface area (Å²) in [4.78, 5) is 19.4. The number of likely N-dealkylation sites (tertiary alicyclic amines) is 1. The highest BCUT2D eigenvalue weighted by Crippen LogP contribution is 2.68. The van der Waals surface area contributed by atoms with E-state index in [1.807, 2.05) is 30.3 Å². The first-order valence-corrected chi connectivity index (χ1v) is 10.2. The quantitative estimate of drug-likeness (QED) is 0.702. The maximum Gasteiger partial charge on any atom is 0.254 e. The number of aliphatic hydroxyl groups excluding tert-OH is 2. The van der Waals surface area contributed by atoms with E-state index < -0.39 is 17.3 Å². The Balaban J connectivity index is 1.49. The van der Waals surface area contributed by atoms with Crippen LogP contribution in [0.3, 0.4) is 0 Å². The summed E-state index contributed by atoms with van der Waals surface area (Å²) in [6.45, 7) is 2.33. The molecule has 1 amide bonds. The molecule has 1 aromatic heterocycles. The monoisotopic (exact) mass is 406 g/mol. The number of amides is 1. The van der Waals surface area contributed by atoms with Crippen LogP contribution in [0.1, 0.15) is 27.5 Å². The number of nitrogens with zero attached hydrogens (tertiary/aromatic N) is 2. The minimum atomic E-state index is -0.713. The summed E-state index contributed by atoms with van der Waals surface area (Å²) < 4.78 is 13.7. The number of β-amino-alcohol motifs (C(OH)–C–C–N with tert-alkyl or cyclic N) is 1. The number of carbonyl (C=O) groups is 1. The molecule has 1 aliphatic carbocycles. The summed E-state index contributed by atoms with van der Waals surface area (Å²) in [7, 11) is 0. The number of fused-ring (bicyclic) bond motifs is 1. The fraction of sp³-hybridized carbons (Fsp3) is 0.333. The molecule has 2 N–H and O–H groups in total. The van der Waals surface area contributed by atoms with Gasteiger partial charge in [-0.05, 0) is 42.5 Å². The molecule has 1 aliphatic heterocycles. The Morgan fingerprint density at radius 2 is 2.00 bits per heavy atom. The van der Waals surface area contributed by atoms with Gasteiger partial charge in [0.2, 0.25) is 0 Å². The fourth-order valence-corrected chi connectivity index (χ4v) is 5.40. The van der Waals surface area contributed by atoms with Crippen molar-refractivity contribution in [2.24, 2.45) is 11.3 Å². The third-order valence-electron chi connectivity index (χ3n) is 6.81. The molecule has 154 valence electrons. The van der Waals surface area contributed by atoms with Crippen LogP contribution in [-0.4, -0.2) is 51.8 Å². The van der Waals surface area contributed by atoms with Crippen molar-refractivity contribution in [2.45, 2.75) is 18.9 Å². The van der Waals surface area contributed by atoms with Crippen LogP contribution in [0.15, 0.2) is 54.6 Å². The number of halogens is 1. The topological polar surface area (TPSA) is 73.7 Å². The molecule has 2 aromatic carbocycles. The number of aliphatic hydroxyl groups is 2. The fourth-order valence-electron chi connectivity index (χ4n) is 5.40. The van der Waals surface area contributed by atoms with E-state index >= 15 is 0 Å². The molecule has 3 aromatic rings. The van der Waals surface area contributed by atoms with Crippen LogP contribution >= 0.6 is 0 Å². The van der Waals surface area contributed by atoms with Crippen LogP contribution in [-0.2, 0) is 0 Å². The molecular weight excluding hydrogens is 383 g/mol. The minimum absolute atomic E-state index is 0.0153. The number of carbonyl (C=O) groups excluding carboxylic acids is 1. The van der Waals surface area contributed by atoms with E-state index in [2.05, 4.69) is 4.98 Å². The molecular formula is C24H23FN2O3. The number of benzene rings is 2. The summed E-state index contributed by atoms with van der Waals surface area (Å²) in [5.74, 6) is -0.674. The molecule has 1 saturated heterocycles. The first-order chi connectivity index (χ1) is 14.5. The van der Waals surface area contributed by atoms with Gasteiger partial charge in [0.25, 0.3) is 5.91 Å². The molecule has 2 aliphatic rings. The number of aromatic nitrogens is 1. The predicted molar refractivity (Wildman–Crippen MR) is 111 cm³/mol. The zero-order valence-corrected chi connectivity index (χ0v) is 16.6. The second-order valence-electron chi connectivity index (χ2n) is 8.46. The van der Waals surface area contributed by atoms with Gasteiger partial charge >= 0.3 is 0 Å². The third-order valence-corrected chi connectivity index (χ3v) is 6.81. The van der Waals surface area contributed by atoms with E-state index in [1.54, 1.807) is 24.0 Å². The average molecular weight is 406 g/mol. The van der Waals surface area contributed by atoms with Crippen molar-refractivity contribution in [1.82, 2.24) is 9.88 Å². The SMILES string of the molecule is Cc1cc(C(=O)N2C[C@H](O)[C@@]3(C2)[C@H](CO)[C@H]3c2ccccc2)c2ccc(F)cc2n1. The number of pyridine rings is 1. The van der Waals surface area contributed by atoms with Crippen molar-refractivity contribution in [2.75, 3.05) is 19.7 Å². The lowest BCUT2D eigenvalue weighted by Crippen LogP contribution is -2.30. The maximum absolute atomic E-state index is 13.7. The second kappa shape index (κ2) is 6.86. The van der Waals surface area contributed by atoms with Crippen molar-refractivity contribution in [3.05, 3.63) is 77.2 Å². The predicted octanol–water partition coefficient (Wildman–Crippen LogP) is 2.89. The van der Waals surface area contributed by atoms with Crippen LogP contribution in [0.5, 0.6) is 0 Å². The van der Waals surface area contributed by atoms with Crippen LogP contribution in [0.4, 0.5) is 4.39 Å². The highest BCUT2D eigenvalue weighted by molar-refractivity contribution is 6.06. The van der Waals surface area contributed by atoms with Gasteiger partial charge < -0.3 is 15.1 Å². The van der Waals surface area contributed by atoms with Crippen LogP contribution < -0.4 is 0 Å². The number of hydrogen-bond donors (Lipinski definition) is 2. The number of aryl methyl sites for hydroxylation is 1. The summed E-state index contributed by atoms with van der Waals surface area (Å²) in [5, 5.41) is 21.5. The Morgan fingerprint density at radius 1 is 1.23 bits per heavy atom. The normalized spacial score (nSPS) is 27.7. The average Bonchev–Trinajstić information content (AvgIpc) is 3.27. The molecule has 2 heterocycles. The minimum Gasteiger partial charge on any atom is -0.396 e. The first kappa shape index (κ1) is 19.2. The highest BCUT2D eigenvalue weighted by atomic mass is 19.1. The van der Waals surface area contributed by atoms with E-state index in [9.17, 15) is 19.4 Å². The Bertz CT molecular complexity index is 1130. The Labute approximate surface area is 173 Å². The molecule has 1 saturated carbocycles. The molecule has 6 heteroatoms. The van der Waals surface area contributed by atoms with Crippen molar-refractivity contribution >= 4 is 16.8 Å². The largest absolute Gasteiger partial charge is 0.396 e. The van der Waals surface area contributed by atoms with Gasteiger partial charge in [0, 0.05) is 42.3 Å². The molecule has 0 bridgehead atoms. The van der Waals surface area contributed by atoms with E-state index in [4.69, 9.17) is 0 Å². The molecule has 5 rings (SSSR count). The molecule has 0 radical (unpaired) electrons. The van der Waals surface area contributed by atoms with Crippen molar-refractivity contribution in [3.63, 3.8) is 0 Å². The molecule has 2 fully saturated rings. The smallest absolute Gasteiger partial charge is 0.254 e. The van der Waals surface area contributed by atoms with Crippen LogP contribution in [0, 0.1) is 24.1 Å². The number of rotatable bonds is 3. The third kappa shape index (κ3) is 2.75. The van der Waals surface area contributed by atoms with E-state index in [0.717, 1.165) is 5.56 Å². The molecule has 30 heavy (non-hydrogen) atoms. The zero-order chi connectivity index (χ0) is 21.0. The lowest BCUT2D eigenvalue weighted by Gasteiger charge is -2.18. The standard InChI is InChI=1S/C24H23FN2O3/c1-14-9-18(17-8-7-16(25)10-20(17)26-14)23(30)27-11-21(29)24(13-27)19(12-28)22(24)15-5-3-2-4-6-15/h2-10,19,21-22,28-29H,11-13H2,1H3/t19-,21+,22-,24-/m1/s1. The Hall–Kier alpha value is -2.83.